The highest BCUT2D eigenvalue weighted by atomic mass is 16.6. The molecule has 0 saturated carbocycles. The Labute approximate surface area is 137 Å². The van der Waals surface area contributed by atoms with Crippen LogP contribution in [0.15, 0.2) is 58.3 Å². The van der Waals surface area contributed by atoms with Gasteiger partial charge in [0.25, 0.3) is 5.91 Å². The van der Waals surface area contributed by atoms with E-state index in [2.05, 4.69) is 10.5 Å². The first-order chi connectivity index (χ1) is 11.6. The van der Waals surface area contributed by atoms with Crippen molar-refractivity contribution in [1.29, 1.82) is 0 Å². The number of carbonyl (C=O) groups is 1. The summed E-state index contributed by atoms with van der Waals surface area (Å²) in [5.74, 6) is 0.158. The molecule has 0 saturated heterocycles. The maximum Gasteiger partial charge on any atom is 0.310 e. The smallest absolute Gasteiger partial charge is 0.310 e. The standard InChI is InChI=1S/C16H15N3O5/c1-12(8-9-13-5-4-10-23-13)17-18-16(20)11-24-15-7-3-2-6-14(15)19(21)22/h2-10H,11H2,1H3,(H,18,20)/b9-8+,17-12+. The second-order valence-corrected chi connectivity index (χ2v) is 4.65. The number of hydrazone groups is 1. The van der Waals surface area contributed by atoms with E-state index in [1.165, 1.54) is 18.2 Å². The van der Waals surface area contributed by atoms with Crippen molar-refractivity contribution in [2.75, 3.05) is 6.61 Å². The molecule has 0 bridgehead atoms. The molecule has 0 aliphatic heterocycles. The van der Waals surface area contributed by atoms with Crippen LogP contribution in [0.25, 0.3) is 6.08 Å². The number of carbonyl (C=O) groups excluding carboxylic acids is 1. The largest absolute Gasteiger partial charge is 0.477 e. The van der Waals surface area contributed by atoms with Crippen LogP contribution in [0.1, 0.15) is 12.7 Å². The van der Waals surface area contributed by atoms with Gasteiger partial charge in [-0.2, -0.15) is 5.10 Å². The van der Waals surface area contributed by atoms with Crippen molar-refractivity contribution >= 4 is 23.4 Å². The molecule has 0 aliphatic rings. The van der Waals surface area contributed by atoms with E-state index in [9.17, 15) is 14.9 Å². The third-order valence-electron chi connectivity index (χ3n) is 2.81. The number of nitrogens with one attached hydrogen (secondary N) is 1. The lowest BCUT2D eigenvalue weighted by Crippen LogP contribution is -2.25. The molecule has 0 atom stereocenters. The predicted octanol–water partition coefficient (Wildman–Crippen LogP) is 2.77. The van der Waals surface area contributed by atoms with Crippen LogP contribution >= 0.6 is 0 Å². The molecule has 1 amide bonds. The summed E-state index contributed by atoms with van der Waals surface area (Å²) in [6.45, 7) is 1.31. The van der Waals surface area contributed by atoms with Crippen LogP contribution in [0.5, 0.6) is 5.75 Å². The van der Waals surface area contributed by atoms with Gasteiger partial charge >= 0.3 is 5.69 Å². The average molecular weight is 329 g/mol. The van der Waals surface area contributed by atoms with Gasteiger partial charge < -0.3 is 9.15 Å². The lowest BCUT2D eigenvalue weighted by Gasteiger charge is -2.05. The number of nitro groups is 1. The van der Waals surface area contributed by atoms with Crippen molar-refractivity contribution in [3.63, 3.8) is 0 Å². The molecule has 1 heterocycles. The van der Waals surface area contributed by atoms with E-state index in [1.807, 2.05) is 0 Å². The molecule has 0 unspecified atom stereocenters. The summed E-state index contributed by atoms with van der Waals surface area (Å²) in [5, 5.41) is 14.7. The van der Waals surface area contributed by atoms with E-state index in [4.69, 9.17) is 9.15 Å². The molecule has 1 aromatic carbocycles. The number of allylic oxidation sites excluding steroid dienone is 1. The fraction of sp³-hybridized carbons (Fsp3) is 0.125. The maximum atomic E-state index is 11.7. The Morgan fingerprint density at radius 3 is 2.88 bits per heavy atom. The van der Waals surface area contributed by atoms with E-state index < -0.39 is 10.8 Å². The first kappa shape index (κ1) is 16.9. The minimum atomic E-state index is -0.574. The van der Waals surface area contributed by atoms with Crippen molar-refractivity contribution in [3.8, 4) is 5.75 Å². The van der Waals surface area contributed by atoms with Crippen LogP contribution in [0.4, 0.5) is 5.69 Å². The Morgan fingerprint density at radius 1 is 1.38 bits per heavy atom. The highest BCUT2D eigenvalue weighted by Crippen LogP contribution is 2.25. The highest BCUT2D eigenvalue weighted by molar-refractivity contribution is 5.96. The van der Waals surface area contributed by atoms with Crippen LogP contribution < -0.4 is 10.2 Å². The Balaban J connectivity index is 1.85. The first-order valence-electron chi connectivity index (χ1n) is 6.97. The molecular weight excluding hydrogens is 314 g/mol. The van der Waals surface area contributed by atoms with Gasteiger partial charge in [0.2, 0.25) is 0 Å². The zero-order valence-electron chi connectivity index (χ0n) is 12.8. The number of nitrogens with zero attached hydrogens (tertiary/aromatic N) is 2. The summed E-state index contributed by atoms with van der Waals surface area (Å²) >= 11 is 0. The molecule has 2 rings (SSSR count). The van der Waals surface area contributed by atoms with Crippen LogP contribution in [0, 0.1) is 10.1 Å². The molecular formula is C16H15N3O5. The van der Waals surface area contributed by atoms with E-state index in [1.54, 1.807) is 43.5 Å². The lowest BCUT2D eigenvalue weighted by atomic mass is 10.3. The zero-order chi connectivity index (χ0) is 17.4. The normalized spacial score (nSPS) is 11.5. The van der Waals surface area contributed by atoms with Crippen LogP contribution in [0.3, 0.4) is 0 Å². The third kappa shape index (κ3) is 5.09. The van der Waals surface area contributed by atoms with Crippen molar-refractivity contribution in [1.82, 2.24) is 5.43 Å². The molecule has 2 aromatic rings. The average Bonchev–Trinajstić information content (AvgIpc) is 3.10. The molecule has 0 aliphatic carbocycles. The Kier molecular flexibility index (Phi) is 5.84. The molecule has 124 valence electrons. The van der Waals surface area contributed by atoms with Crippen LogP contribution in [0.2, 0.25) is 0 Å². The number of rotatable bonds is 7. The molecule has 1 N–H and O–H groups in total. The fourth-order valence-corrected chi connectivity index (χ4v) is 1.68. The SMILES string of the molecule is CC(/C=C/c1ccco1)=N\NC(=O)COc1ccccc1[N+](=O)[O-]. The Bertz CT molecular complexity index is 766. The minimum absolute atomic E-state index is 0.0241. The Morgan fingerprint density at radius 2 is 2.17 bits per heavy atom. The van der Waals surface area contributed by atoms with Gasteiger partial charge in [0.15, 0.2) is 12.4 Å². The van der Waals surface area contributed by atoms with Crippen molar-refractivity contribution in [2.24, 2.45) is 5.10 Å². The molecule has 0 radical (unpaired) electrons. The van der Waals surface area contributed by atoms with Crippen molar-refractivity contribution in [2.45, 2.75) is 6.92 Å². The van der Waals surface area contributed by atoms with Crippen molar-refractivity contribution in [3.05, 3.63) is 64.6 Å². The van der Waals surface area contributed by atoms with Gasteiger partial charge in [0.05, 0.1) is 16.9 Å². The number of para-hydroxylation sites is 2. The minimum Gasteiger partial charge on any atom is -0.477 e. The van der Waals surface area contributed by atoms with Gasteiger partial charge in [-0.25, -0.2) is 5.43 Å². The molecule has 8 heteroatoms. The number of benzene rings is 1. The van der Waals surface area contributed by atoms with Gasteiger partial charge in [-0.15, -0.1) is 0 Å². The van der Waals surface area contributed by atoms with E-state index in [-0.39, 0.29) is 18.0 Å². The van der Waals surface area contributed by atoms with Gasteiger partial charge in [0.1, 0.15) is 5.76 Å². The second-order valence-electron chi connectivity index (χ2n) is 4.65. The number of hydrogen-bond donors (Lipinski definition) is 1. The van der Waals surface area contributed by atoms with Gasteiger partial charge in [-0.3, -0.25) is 14.9 Å². The summed E-state index contributed by atoms with van der Waals surface area (Å²) in [7, 11) is 0. The van der Waals surface area contributed by atoms with E-state index in [0.717, 1.165) is 0 Å². The fourth-order valence-electron chi connectivity index (χ4n) is 1.68. The maximum absolute atomic E-state index is 11.7. The number of nitro benzene ring substituents is 1. The van der Waals surface area contributed by atoms with Gasteiger partial charge in [-0.1, -0.05) is 12.1 Å². The highest BCUT2D eigenvalue weighted by Gasteiger charge is 2.14. The molecule has 24 heavy (non-hydrogen) atoms. The number of furan rings is 1. The van der Waals surface area contributed by atoms with Crippen molar-refractivity contribution < 1.29 is 18.9 Å². The quantitative estimate of drug-likeness (QED) is 0.477. The summed E-state index contributed by atoms with van der Waals surface area (Å²) in [5.41, 5.74) is 2.65. The zero-order valence-corrected chi connectivity index (χ0v) is 12.8. The number of hydrogen-bond acceptors (Lipinski definition) is 6. The summed E-state index contributed by atoms with van der Waals surface area (Å²) in [4.78, 5) is 21.9. The Hall–Kier alpha value is -3.42. The summed E-state index contributed by atoms with van der Waals surface area (Å²) in [6.07, 6.45) is 4.92. The topological polar surface area (TPSA) is 107 Å². The molecule has 1 aromatic heterocycles. The summed E-state index contributed by atoms with van der Waals surface area (Å²) < 4.78 is 10.3. The summed E-state index contributed by atoms with van der Waals surface area (Å²) in [6, 6.07) is 9.37. The van der Waals surface area contributed by atoms with Crippen LogP contribution in [-0.2, 0) is 4.79 Å². The monoisotopic (exact) mass is 329 g/mol. The van der Waals surface area contributed by atoms with E-state index >= 15 is 0 Å². The predicted molar refractivity (Wildman–Crippen MR) is 87.6 cm³/mol. The number of ether oxygens (including phenoxy) is 1. The number of amides is 1. The first-order valence-corrected chi connectivity index (χ1v) is 6.97. The second kappa shape index (κ2) is 8.28. The van der Waals surface area contributed by atoms with E-state index in [0.29, 0.717) is 11.5 Å². The van der Waals surface area contributed by atoms with Crippen LogP contribution in [-0.4, -0.2) is 23.1 Å². The molecule has 0 fully saturated rings. The lowest BCUT2D eigenvalue weighted by molar-refractivity contribution is -0.385. The molecule has 0 spiro atoms. The molecule has 8 nitrogen and oxygen atoms in total. The van der Waals surface area contributed by atoms with Gasteiger partial charge in [-0.05, 0) is 37.3 Å². The third-order valence-corrected chi connectivity index (χ3v) is 2.81. The van der Waals surface area contributed by atoms with Gasteiger partial charge in [0, 0.05) is 6.07 Å².